The van der Waals surface area contributed by atoms with Gasteiger partial charge in [-0.2, -0.15) is 0 Å². The summed E-state index contributed by atoms with van der Waals surface area (Å²) in [6, 6.07) is 1.43. The fraction of sp³-hybridized carbons (Fsp3) is 0.385. The minimum atomic E-state index is -0.214. The van der Waals surface area contributed by atoms with Gasteiger partial charge >= 0.3 is 6.03 Å². The average molecular weight is 321 g/mol. The Morgan fingerprint density at radius 3 is 2.77 bits per heavy atom. The molecular weight excluding hydrogens is 306 g/mol. The van der Waals surface area contributed by atoms with Crippen molar-refractivity contribution >= 4 is 28.4 Å². The first-order valence-corrected chi connectivity index (χ1v) is 7.75. The lowest BCUT2D eigenvalue weighted by molar-refractivity contribution is 0.0762. The van der Waals surface area contributed by atoms with E-state index in [1.807, 2.05) is 0 Å². The summed E-state index contributed by atoms with van der Waals surface area (Å²) in [6.07, 6.45) is 3.65. The quantitative estimate of drug-likeness (QED) is 0.905. The van der Waals surface area contributed by atoms with Crippen LogP contribution >= 0.6 is 11.3 Å². The van der Waals surface area contributed by atoms with Crippen LogP contribution in [0.15, 0.2) is 28.5 Å². The van der Waals surface area contributed by atoms with E-state index in [1.54, 1.807) is 21.4 Å². The van der Waals surface area contributed by atoms with Crippen molar-refractivity contribution in [3.05, 3.63) is 29.7 Å². The van der Waals surface area contributed by atoms with Crippen molar-refractivity contribution in [2.45, 2.75) is 6.42 Å². The zero-order valence-electron chi connectivity index (χ0n) is 11.8. The Hall–Kier alpha value is -2.42. The molecule has 1 saturated heterocycles. The number of anilines is 1. The smallest absolute Gasteiger partial charge is 0.323 e. The number of furan rings is 1. The van der Waals surface area contributed by atoms with Gasteiger partial charge in [-0.05, 0) is 12.5 Å². The minimum absolute atomic E-state index is 0.0693. The molecule has 116 valence electrons. The van der Waals surface area contributed by atoms with E-state index in [2.05, 4.69) is 15.5 Å². The molecule has 0 aliphatic carbocycles. The van der Waals surface area contributed by atoms with E-state index in [0.717, 1.165) is 6.42 Å². The highest BCUT2D eigenvalue weighted by Crippen LogP contribution is 2.12. The van der Waals surface area contributed by atoms with Crippen LogP contribution in [0.2, 0.25) is 0 Å². The Balaban J connectivity index is 1.57. The SMILES string of the molecule is O=C(Nc1nncs1)N1CCCN(C(=O)c2ccoc2)CC1. The standard InChI is InChI=1S/C13H15N5O3S/c19-11(10-2-7-21-8-10)17-3-1-4-18(6-5-17)13(20)15-12-16-14-9-22-12/h2,7-9H,1,3-6H2,(H,15,16,20). The summed E-state index contributed by atoms with van der Waals surface area (Å²) in [4.78, 5) is 27.9. The van der Waals surface area contributed by atoms with Crippen molar-refractivity contribution in [2.24, 2.45) is 0 Å². The average Bonchev–Trinajstić information content (AvgIpc) is 3.16. The number of rotatable bonds is 2. The maximum Gasteiger partial charge on any atom is 0.323 e. The van der Waals surface area contributed by atoms with Gasteiger partial charge in [-0.15, -0.1) is 10.2 Å². The maximum atomic E-state index is 12.3. The van der Waals surface area contributed by atoms with Gasteiger partial charge in [-0.1, -0.05) is 11.3 Å². The van der Waals surface area contributed by atoms with E-state index in [-0.39, 0.29) is 11.9 Å². The zero-order valence-corrected chi connectivity index (χ0v) is 12.6. The van der Waals surface area contributed by atoms with Crippen LogP contribution in [0.5, 0.6) is 0 Å². The molecule has 0 unspecified atom stereocenters. The third-order valence-electron chi connectivity index (χ3n) is 3.41. The second kappa shape index (κ2) is 6.56. The summed E-state index contributed by atoms with van der Waals surface area (Å²) in [7, 11) is 0. The third-order valence-corrected chi connectivity index (χ3v) is 4.02. The van der Waals surface area contributed by atoms with Crippen molar-refractivity contribution < 1.29 is 14.0 Å². The number of carbonyl (C=O) groups is 2. The Bertz CT molecular complexity index is 628. The molecule has 1 fully saturated rings. The number of amides is 3. The summed E-state index contributed by atoms with van der Waals surface area (Å²) in [6.45, 7) is 2.19. The molecule has 9 heteroatoms. The van der Waals surface area contributed by atoms with Crippen molar-refractivity contribution in [3.63, 3.8) is 0 Å². The number of hydrogen-bond acceptors (Lipinski definition) is 6. The number of hydrogen-bond donors (Lipinski definition) is 1. The number of nitrogens with zero attached hydrogens (tertiary/aromatic N) is 4. The first-order valence-electron chi connectivity index (χ1n) is 6.87. The van der Waals surface area contributed by atoms with E-state index < -0.39 is 0 Å². The molecule has 3 rings (SSSR count). The van der Waals surface area contributed by atoms with Crippen LogP contribution < -0.4 is 5.32 Å². The van der Waals surface area contributed by atoms with Crippen LogP contribution in [0.25, 0.3) is 0 Å². The first kappa shape index (κ1) is 14.5. The van der Waals surface area contributed by atoms with Gasteiger partial charge < -0.3 is 14.2 Å². The molecular formula is C13H15N5O3S. The molecule has 3 heterocycles. The van der Waals surface area contributed by atoms with Crippen LogP contribution in [0.3, 0.4) is 0 Å². The Morgan fingerprint density at radius 1 is 1.23 bits per heavy atom. The van der Waals surface area contributed by atoms with Crippen LogP contribution in [-0.4, -0.2) is 58.1 Å². The van der Waals surface area contributed by atoms with E-state index in [0.29, 0.717) is 36.9 Å². The highest BCUT2D eigenvalue weighted by Gasteiger charge is 2.23. The van der Waals surface area contributed by atoms with Gasteiger partial charge in [-0.25, -0.2) is 4.79 Å². The predicted octanol–water partition coefficient (Wildman–Crippen LogP) is 1.51. The lowest BCUT2D eigenvalue weighted by Gasteiger charge is -2.21. The topological polar surface area (TPSA) is 91.6 Å². The summed E-state index contributed by atoms with van der Waals surface area (Å²) in [5, 5.41) is 10.6. The molecule has 0 aromatic carbocycles. The van der Waals surface area contributed by atoms with Crippen LogP contribution in [0.1, 0.15) is 16.8 Å². The molecule has 0 saturated carbocycles. The Morgan fingerprint density at radius 2 is 2.05 bits per heavy atom. The molecule has 2 aromatic heterocycles. The van der Waals surface area contributed by atoms with Gasteiger partial charge in [0.1, 0.15) is 11.8 Å². The van der Waals surface area contributed by atoms with Crippen LogP contribution in [-0.2, 0) is 0 Å². The second-order valence-corrected chi connectivity index (χ2v) is 5.65. The molecule has 0 bridgehead atoms. The summed E-state index contributed by atoms with van der Waals surface area (Å²) in [5.74, 6) is -0.0693. The van der Waals surface area contributed by atoms with Crippen molar-refractivity contribution in [2.75, 3.05) is 31.5 Å². The lowest BCUT2D eigenvalue weighted by atomic mass is 10.3. The van der Waals surface area contributed by atoms with E-state index >= 15 is 0 Å². The van der Waals surface area contributed by atoms with E-state index in [9.17, 15) is 9.59 Å². The van der Waals surface area contributed by atoms with Gasteiger partial charge in [0, 0.05) is 26.2 Å². The summed E-state index contributed by atoms with van der Waals surface area (Å²) in [5.41, 5.74) is 2.09. The monoisotopic (exact) mass is 321 g/mol. The number of urea groups is 1. The van der Waals surface area contributed by atoms with Crippen molar-refractivity contribution in [3.8, 4) is 0 Å². The lowest BCUT2D eigenvalue weighted by Crippen LogP contribution is -2.39. The molecule has 8 nitrogen and oxygen atoms in total. The second-order valence-electron chi connectivity index (χ2n) is 4.82. The van der Waals surface area contributed by atoms with Crippen LogP contribution in [0, 0.1) is 0 Å². The van der Waals surface area contributed by atoms with E-state index in [4.69, 9.17) is 4.42 Å². The van der Waals surface area contributed by atoms with Gasteiger partial charge in [0.2, 0.25) is 5.13 Å². The number of aromatic nitrogens is 2. The van der Waals surface area contributed by atoms with Gasteiger partial charge in [0.15, 0.2) is 0 Å². The zero-order chi connectivity index (χ0) is 15.4. The maximum absolute atomic E-state index is 12.3. The van der Waals surface area contributed by atoms with Gasteiger partial charge in [-0.3, -0.25) is 10.1 Å². The minimum Gasteiger partial charge on any atom is -0.472 e. The largest absolute Gasteiger partial charge is 0.472 e. The molecule has 1 aliphatic heterocycles. The van der Waals surface area contributed by atoms with Crippen molar-refractivity contribution in [1.29, 1.82) is 0 Å². The highest BCUT2D eigenvalue weighted by atomic mass is 32.1. The number of nitrogens with one attached hydrogen (secondary N) is 1. The highest BCUT2D eigenvalue weighted by molar-refractivity contribution is 7.13. The number of carbonyl (C=O) groups excluding carboxylic acids is 2. The Kier molecular flexibility index (Phi) is 4.33. The third kappa shape index (κ3) is 3.25. The summed E-state index contributed by atoms with van der Waals surface area (Å²) < 4.78 is 4.94. The molecule has 3 amide bonds. The molecule has 1 N–H and O–H groups in total. The predicted molar refractivity (Wildman–Crippen MR) is 79.7 cm³/mol. The molecule has 22 heavy (non-hydrogen) atoms. The molecule has 0 spiro atoms. The summed E-state index contributed by atoms with van der Waals surface area (Å²) >= 11 is 1.27. The Labute approximate surface area is 130 Å². The fourth-order valence-corrected chi connectivity index (χ4v) is 2.73. The normalized spacial score (nSPS) is 15.5. The van der Waals surface area contributed by atoms with Crippen LogP contribution in [0.4, 0.5) is 9.93 Å². The van der Waals surface area contributed by atoms with Gasteiger partial charge in [0.05, 0.1) is 11.8 Å². The van der Waals surface area contributed by atoms with E-state index in [1.165, 1.54) is 23.9 Å². The first-order chi connectivity index (χ1) is 10.7. The van der Waals surface area contributed by atoms with Crippen molar-refractivity contribution in [1.82, 2.24) is 20.0 Å². The molecule has 1 aliphatic rings. The molecule has 0 atom stereocenters. The molecule has 2 aromatic rings. The molecule has 0 radical (unpaired) electrons. The fourth-order valence-electron chi connectivity index (χ4n) is 2.29. The van der Waals surface area contributed by atoms with Gasteiger partial charge in [0.25, 0.3) is 5.91 Å².